The highest BCUT2D eigenvalue weighted by Crippen LogP contribution is 2.25. The maximum absolute atomic E-state index is 7.55. The molecule has 4 nitrogen and oxygen atoms in total. The number of amidine groups is 1. The molecule has 0 spiro atoms. The van der Waals surface area contributed by atoms with Crippen molar-refractivity contribution in [2.45, 2.75) is 32.3 Å². The van der Waals surface area contributed by atoms with Crippen LogP contribution >= 0.6 is 0 Å². The topological polar surface area (TPSA) is 68.3 Å². The molecule has 19 heavy (non-hydrogen) atoms. The van der Waals surface area contributed by atoms with Crippen LogP contribution in [0.2, 0.25) is 0 Å². The Balaban J connectivity index is 1.92. The molecule has 0 unspecified atom stereocenters. The van der Waals surface area contributed by atoms with E-state index in [-0.39, 0.29) is 5.84 Å². The zero-order valence-corrected chi connectivity index (χ0v) is 11.4. The van der Waals surface area contributed by atoms with E-state index >= 15 is 0 Å². The average molecular weight is 262 g/mol. The van der Waals surface area contributed by atoms with Gasteiger partial charge in [0.25, 0.3) is 0 Å². The minimum atomic E-state index is 0.0227. The monoisotopic (exact) mass is 262 g/mol. The molecule has 1 saturated carbocycles. The maximum Gasteiger partial charge on any atom is 0.129 e. The highest BCUT2D eigenvalue weighted by atomic mass is 16.5. The molecule has 1 aromatic rings. The summed E-state index contributed by atoms with van der Waals surface area (Å²) < 4.78 is 10.9. The van der Waals surface area contributed by atoms with Crippen molar-refractivity contribution < 1.29 is 9.47 Å². The lowest BCUT2D eigenvalue weighted by Gasteiger charge is -2.12. The van der Waals surface area contributed by atoms with Gasteiger partial charge in [0.2, 0.25) is 0 Å². The smallest absolute Gasteiger partial charge is 0.129 e. The number of benzene rings is 1. The molecule has 0 atom stereocenters. The van der Waals surface area contributed by atoms with Crippen LogP contribution in [0.5, 0.6) is 5.75 Å². The van der Waals surface area contributed by atoms with Crippen LogP contribution in [-0.2, 0) is 11.3 Å². The predicted octanol–water partition coefficient (Wildman–Crippen LogP) is 2.69. The second-order valence-electron chi connectivity index (χ2n) is 5.11. The SMILES string of the molecule is COc1ccc(COCC2CCCC2)cc1C(=N)N. The van der Waals surface area contributed by atoms with Gasteiger partial charge in [-0.3, -0.25) is 5.41 Å². The minimum Gasteiger partial charge on any atom is -0.496 e. The lowest BCUT2D eigenvalue weighted by atomic mass is 10.1. The minimum absolute atomic E-state index is 0.0227. The summed E-state index contributed by atoms with van der Waals surface area (Å²) in [6, 6.07) is 5.67. The van der Waals surface area contributed by atoms with Crippen molar-refractivity contribution >= 4 is 5.84 Å². The predicted molar refractivity (Wildman–Crippen MR) is 75.6 cm³/mol. The lowest BCUT2D eigenvalue weighted by Crippen LogP contribution is -2.13. The first-order chi connectivity index (χ1) is 9.20. The van der Waals surface area contributed by atoms with Gasteiger partial charge in [-0.1, -0.05) is 18.9 Å². The van der Waals surface area contributed by atoms with E-state index in [2.05, 4.69) is 0 Å². The van der Waals surface area contributed by atoms with E-state index in [1.165, 1.54) is 25.7 Å². The third-order valence-electron chi connectivity index (χ3n) is 3.65. The summed E-state index contributed by atoms with van der Waals surface area (Å²) in [6.45, 7) is 1.40. The Labute approximate surface area is 114 Å². The summed E-state index contributed by atoms with van der Waals surface area (Å²) in [7, 11) is 1.58. The van der Waals surface area contributed by atoms with Crippen LogP contribution in [-0.4, -0.2) is 19.6 Å². The van der Waals surface area contributed by atoms with E-state index in [1.54, 1.807) is 7.11 Å². The molecule has 3 N–H and O–H groups in total. The van der Waals surface area contributed by atoms with Gasteiger partial charge in [-0.15, -0.1) is 0 Å². The second-order valence-corrected chi connectivity index (χ2v) is 5.11. The molecular weight excluding hydrogens is 240 g/mol. The fourth-order valence-corrected chi connectivity index (χ4v) is 2.58. The summed E-state index contributed by atoms with van der Waals surface area (Å²) in [5, 5.41) is 7.55. The summed E-state index contributed by atoms with van der Waals surface area (Å²) in [5.74, 6) is 1.38. The fourth-order valence-electron chi connectivity index (χ4n) is 2.58. The third kappa shape index (κ3) is 3.70. The molecule has 1 aromatic carbocycles. The number of ether oxygens (including phenoxy) is 2. The Kier molecular flexibility index (Phi) is 4.80. The zero-order chi connectivity index (χ0) is 13.7. The van der Waals surface area contributed by atoms with Crippen molar-refractivity contribution in [1.29, 1.82) is 5.41 Å². The molecule has 1 fully saturated rings. The van der Waals surface area contributed by atoms with Crippen molar-refractivity contribution in [3.8, 4) is 5.75 Å². The summed E-state index contributed by atoms with van der Waals surface area (Å²) >= 11 is 0. The van der Waals surface area contributed by atoms with Gasteiger partial charge >= 0.3 is 0 Å². The van der Waals surface area contributed by atoms with Gasteiger partial charge in [0.15, 0.2) is 0 Å². The molecule has 0 aromatic heterocycles. The summed E-state index contributed by atoms with van der Waals surface area (Å²) in [5.41, 5.74) is 7.21. The van der Waals surface area contributed by atoms with Gasteiger partial charge in [0.1, 0.15) is 11.6 Å². The van der Waals surface area contributed by atoms with Crippen molar-refractivity contribution in [2.75, 3.05) is 13.7 Å². The lowest BCUT2D eigenvalue weighted by molar-refractivity contribution is 0.0888. The van der Waals surface area contributed by atoms with E-state index in [0.717, 1.165) is 18.1 Å². The van der Waals surface area contributed by atoms with Gasteiger partial charge < -0.3 is 15.2 Å². The van der Waals surface area contributed by atoms with Crippen LogP contribution in [0.3, 0.4) is 0 Å². The number of hydrogen-bond acceptors (Lipinski definition) is 3. The van der Waals surface area contributed by atoms with Crippen molar-refractivity contribution in [3.05, 3.63) is 29.3 Å². The van der Waals surface area contributed by atoms with Gasteiger partial charge in [-0.2, -0.15) is 0 Å². The highest BCUT2D eigenvalue weighted by Gasteiger charge is 2.15. The molecule has 104 valence electrons. The molecule has 2 rings (SSSR count). The second kappa shape index (κ2) is 6.57. The van der Waals surface area contributed by atoms with E-state index < -0.39 is 0 Å². The van der Waals surface area contributed by atoms with E-state index in [0.29, 0.717) is 17.9 Å². The van der Waals surface area contributed by atoms with Crippen LogP contribution in [0.4, 0.5) is 0 Å². The molecule has 0 bridgehead atoms. The fraction of sp³-hybridized carbons (Fsp3) is 0.533. The molecule has 1 aliphatic rings. The Bertz CT molecular complexity index is 440. The van der Waals surface area contributed by atoms with Crippen LogP contribution in [0, 0.1) is 11.3 Å². The molecule has 0 radical (unpaired) electrons. The van der Waals surface area contributed by atoms with Crippen molar-refractivity contribution in [2.24, 2.45) is 11.7 Å². The van der Waals surface area contributed by atoms with Crippen molar-refractivity contribution in [3.63, 3.8) is 0 Å². The number of methoxy groups -OCH3 is 1. The molecule has 0 saturated heterocycles. The van der Waals surface area contributed by atoms with Crippen LogP contribution in [0.25, 0.3) is 0 Å². The summed E-state index contributed by atoms with van der Waals surface area (Å²) in [4.78, 5) is 0. The zero-order valence-electron chi connectivity index (χ0n) is 11.4. The molecule has 1 aliphatic carbocycles. The highest BCUT2D eigenvalue weighted by molar-refractivity contribution is 5.97. The Morgan fingerprint density at radius 2 is 2.11 bits per heavy atom. The molecule has 0 aliphatic heterocycles. The quantitative estimate of drug-likeness (QED) is 0.611. The standard InChI is InChI=1S/C15H22N2O2/c1-18-14-7-6-12(8-13(14)15(16)17)10-19-9-11-4-2-3-5-11/h6-8,11H,2-5,9-10H2,1H3,(H3,16,17). The Hall–Kier alpha value is -1.55. The Morgan fingerprint density at radius 3 is 2.74 bits per heavy atom. The molecule has 0 amide bonds. The first-order valence-electron chi connectivity index (χ1n) is 6.79. The first kappa shape index (κ1) is 13.9. The number of nitrogen functional groups attached to an aromatic ring is 1. The van der Waals surface area contributed by atoms with Gasteiger partial charge in [0, 0.05) is 6.61 Å². The van der Waals surface area contributed by atoms with E-state index in [4.69, 9.17) is 20.6 Å². The Morgan fingerprint density at radius 1 is 1.37 bits per heavy atom. The molecular formula is C15H22N2O2. The third-order valence-corrected chi connectivity index (χ3v) is 3.65. The van der Waals surface area contributed by atoms with Crippen LogP contribution in [0.1, 0.15) is 36.8 Å². The number of nitrogens with two attached hydrogens (primary N) is 1. The first-order valence-corrected chi connectivity index (χ1v) is 6.79. The van der Waals surface area contributed by atoms with Gasteiger partial charge in [0.05, 0.1) is 19.3 Å². The van der Waals surface area contributed by atoms with Gasteiger partial charge in [-0.05, 0) is 36.5 Å². The van der Waals surface area contributed by atoms with Gasteiger partial charge in [-0.25, -0.2) is 0 Å². The normalized spacial score (nSPS) is 15.6. The van der Waals surface area contributed by atoms with Crippen LogP contribution < -0.4 is 10.5 Å². The van der Waals surface area contributed by atoms with Crippen molar-refractivity contribution in [1.82, 2.24) is 0 Å². The van der Waals surface area contributed by atoms with Crippen LogP contribution in [0.15, 0.2) is 18.2 Å². The molecule has 0 heterocycles. The number of hydrogen-bond donors (Lipinski definition) is 2. The van der Waals surface area contributed by atoms with E-state index in [9.17, 15) is 0 Å². The number of rotatable bonds is 6. The largest absolute Gasteiger partial charge is 0.496 e. The number of nitrogens with one attached hydrogen (secondary N) is 1. The summed E-state index contributed by atoms with van der Waals surface area (Å²) in [6.07, 6.45) is 5.26. The maximum atomic E-state index is 7.55. The average Bonchev–Trinajstić information content (AvgIpc) is 2.91. The molecule has 4 heteroatoms. The van der Waals surface area contributed by atoms with E-state index in [1.807, 2.05) is 18.2 Å².